The second kappa shape index (κ2) is 4.81. The minimum atomic E-state index is 0.158. The number of ether oxygens (including phenoxy) is 1. The average molecular weight is 213 g/mol. The van der Waals surface area contributed by atoms with Crippen molar-refractivity contribution in [2.45, 2.75) is 18.9 Å². The van der Waals surface area contributed by atoms with Gasteiger partial charge in [0.15, 0.2) is 0 Å². The number of amides is 2. The molecular formula is C10H19N3O2. The number of morpholine rings is 1. The molecule has 2 aliphatic rings. The van der Waals surface area contributed by atoms with E-state index in [0.29, 0.717) is 13.2 Å². The minimum Gasteiger partial charge on any atom is -0.378 e. The Morgan fingerprint density at radius 1 is 1.07 bits per heavy atom. The third kappa shape index (κ3) is 2.60. The smallest absolute Gasteiger partial charge is 0.320 e. The van der Waals surface area contributed by atoms with E-state index in [9.17, 15) is 4.79 Å². The number of likely N-dealkylation sites (tertiary alicyclic amines) is 1. The molecule has 2 amide bonds. The lowest BCUT2D eigenvalue weighted by molar-refractivity contribution is 0.0412. The summed E-state index contributed by atoms with van der Waals surface area (Å²) in [7, 11) is 0. The molecule has 0 unspecified atom stereocenters. The summed E-state index contributed by atoms with van der Waals surface area (Å²) < 4.78 is 5.22. The van der Waals surface area contributed by atoms with Crippen LogP contribution < -0.4 is 5.73 Å². The van der Waals surface area contributed by atoms with Crippen LogP contribution in [-0.4, -0.2) is 61.3 Å². The number of carbonyl (C=O) groups is 1. The molecular weight excluding hydrogens is 194 g/mol. The van der Waals surface area contributed by atoms with Gasteiger partial charge >= 0.3 is 6.03 Å². The van der Waals surface area contributed by atoms with Gasteiger partial charge in [0, 0.05) is 32.2 Å². The number of nitrogens with zero attached hydrogens (tertiary/aromatic N) is 2. The number of urea groups is 1. The largest absolute Gasteiger partial charge is 0.378 e. The van der Waals surface area contributed by atoms with Crippen molar-refractivity contribution < 1.29 is 9.53 Å². The molecule has 0 spiro atoms. The van der Waals surface area contributed by atoms with E-state index in [2.05, 4.69) is 0 Å². The Morgan fingerprint density at radius 3 is 2.20 bits per heavy atom. The predicted octanol–water partition coefficient (Wildman–Crippen LogP) is -0.138. The van der Waals surface area contributed by atoms with E-state index in [1.54, 1.807) is 0 Å². The van der Waals surface area contributed by atoms with Gasteiger partial charge in [0.1, 0.15) is 0 Å². The van der Waals surface area contributed by atoms with E-state index >= 15 is 0 Å². The van der Waals surface area contributed by atoms with E-state index < -0.39 is 0 Å². The molecule has 2 rings (SSSR count). The van der Waals surface area contributed by atoms with Crippen LogP contribution in [0, 0.1) is 0 Å². The number of rotatable bonds is 0. The van der Waals surface area contributed by atoms with Crippen molar-refractivity contribution in [3.8, 4) is 0 Å². The molecule has 0 bridgehead atoms. The molecule has 2 heterocycles. The maximum Gasteiger partial charge on any atom is 0.320 e. The highest BCUT2D eigenvalue weighted by atomic mass is 16.5. The van der Waals surface area contributed by atoms with Crippen LogP contribution in [0.2, 0.25) is 0 Å². The summed E-state index contributed by atoms with van der Waals surface area (Å²) in [6.45, 7) is 4.38. The van der Waals surface area contributed by atoms with Gasteiger partial charge in [0.05, 0.1) is 13.2 Å². The van der Waals surface area contributed by atoms with Gasteiger partial charge < -0.3 is 20.3 Å². The topological polar surface area (TPSA) is 58.8 Å². The number of carbonyl (C=O) groups excluding carboxylic acids is 1. The SMILES string of the molecule is NC1CCN(C(=O)N2CCOCC2)CC1. The minimum absolute atomic E-state index is 0.158. The van der Waals surface area contributed by atoms with Crippen LogP contribution in [0.1, 0.15) is 12.8 Å². The Labute approximate surface area is 90.1 Å². The third-order valence-electron chi connectivity index (χ3n) is 3.09. The van der Waals surface area contributed by atoms with Gasteiger partial charge in [-0.15, -0.1) is 0 Å². The molecule has 0 aromatic carbocycles. The molecule has 0 saturated carbocycles. The van der Waals surface area contributed by atoms with Crippen LogP contribution in [0.5, 0.6) is 0 Å². The van der Waals surface area contributed by atoms with E-state index in [1.165, 1.54) is 0 Å². The lowest BCUT2D eigenvalue weighted by atomic mass is 10.1. The first-order chi connectivity index (χ1) is 7.27. The summed E-state index contributed by atoms with van der Waals surface area (Å²) >= 11 is 0. The second-order valence-corrected chi connectivity index (χ2v) is 4.21. The summed E-state index contributed by atoms with van der Waals surface area (Å²) in [5.41, 5.74) is 5.80. The van der Waals surface area contributed by atoms with Crippen LogP contribution in [0.25, 0.3) is 0 Å². The zero-order valence-electron chi connectivity index (χ0n) is 9.02. The van der Waals surface area contributed by atoms with Crippen LogP contribution in [0.15, 0.2) is 0 Å². The van der Waals surface area contributed by atoms with Crippen LogP contribution in [0.3, 0.4) is 0 Å². The Kier molecular flexibility index (Phi) is 3.43. The molecule has 0 aromatic heterocycles. The molecule has 5 heteroatoms. The van der Waals surface area contributed by atoms with E-state index in [4.69, 9.17) is 10.5 Å². The first-order valence-electron chi connectivity index (χ1n) is 5.64. The highest BCUT2D eigenvalue weighted by Gasteiger charge is 2.25. The Morgan fingerprint density at radius 2 is 1.60 bits per heavy atom. The zero-order valence-corrected chi connectivity index (χ0v) is 9.02. The van der Waals surface area contributed by atoms with Gasteiger partial charge in [-0.3, -0.25) is 0 Å². The molecule has 0 aromatic rings. The summed E-state index contributed by atoms with van der Waals surface area (Å²) in [5.74, 6) is 0. The van der Waals surface area contributed by atoms with Crippen molar-refractivity contribution in [3.05, 3.63) is 0 Å². The van der Waals surface area contributed by atoms with E-state index in [-0.39, 0.29) is 12.1 Å². The Hall–Kier alpha value is -0.810. The highest BCUT2D eigenvalue weighted by Crippen LogP contribution is 2.11. The summed E-state index contributed by atoms with van der Waals surface area (Å²) in [5, 5.41) is 0. The molecule has 2 N–H and O–H groups in total. The zero-order chi connectivity index (χ0) is 10.7. The summed E-state index contributed by atoms with van der Waals surface area (Å²) in [6.07, 6.45) is 1.85. The fourth-order valence-corrected chi connectivity index (χ4v) is 2.05. The molecule has 2 saturated heterocycles. The van der Waals surface area contributed by atoms with Gasteiger partial charge in [-0.1, -0.05) is 0 Å². The highest BCUT2D eigenvalue weighted by molar-refractivity contribution is 5.74. The fourth-order valence-electron chi connectivity index (χ4n) is 2.05. The normalized spacial score (nSPS) is 24.3. The third-order valence-corrected chi connectivity index (χ3v) is 3.09. The first-order valence-corrected chi connectivity index (χ1v) is 5.64. The summed E-state index contributed by atoms with van der Waals surface area (Å²) in [6, 6.07) is 0.434. The Bertz CT molecular complexity index is 221. The quantitative estimate of drug-likeness (QED) is 0.609. The average Bonchev–Trinajstić information content (AvgIpc) is 2.30. The maximum atomic E-state index is 12.0. The molecule has 0 aliphatic carbocycles. The molecule has 2 fully saturated rings. The second-order valence-electron chi connectivity index (χ2n) is 4.21. The van der Waals surface area contributed by atoms with Crippen molar-refractivity contribution in [1.82, 2.24) is 9.80 Å². The molecule has 2 aliphatic heterocycles. The first kappa shape index (κ1) is 10.7. The number of nitrogens with two attached hydrogens (primary N) is 1. The molecule has 0 atom stereocenters. The lowest BCUT2D eigenvalue weighted by Crippen LogP contribution is -2.51. The van der Waals surface area contributed by atoms with E-state index in [1.807, 2.05) is 9.80 Å². The maximum absolute atomic E-state index is 12.0. The monoisotopic (exact) mass is 213 g/mol. The standard InChI is InChI=1S/C10H19N3O2/c11-9-1-3-12(4-2-9)10(14)13-5-7-15-8-6-13/h9H,1-8,11H2. The van der Waals surface area contributed by atoms with Crippen molar-refractivity contribution in [2.75, 3.05) is 39.4 Å². The molecule has 5 nitrogen and oxygen atoms in total. The Balaban J connectivity index is 1.84. The van der Waals surface area contributed by atoms with Crippen molar-refractivity contribution >= 4 is 6.03 Å². The van der Waals surface area contributed by atoms with Gasteiger partial charge in [0.25, 0.3) is 0 Å². The predicted molar refractivity (Wildman–Crippen MR) is 56.6 cm³/mol. The van der Waals surface area contributed by atoms with Crippen molar-refractivity contribution in [3.63, 3.8) is 0 Å². The molecule has 0 radical (unpaired) electrons. The molecule has 86 valence electrons. The van der Waals surface area contributed by atoms with Crippen LogP contribution in [0.4, 0.5) is 4.79 Å². The van der Waals surface area contributed by atoms with E-state index in [0.717, 1.165) is 39.0 Å². The van der Waals surface area contributed by atoms with Gasteiger partial charge in [-0.25, -0.2) is 4.79 Å². The number of hydrogen-bond donors (Lipinski definition) is 1. The number of piperidine rings is 1. The lowest BCUT2D eigenvalue weighted by Gasteiger charge is -2.36. The summed E-state index contributed by atoms with van der Waals surface area (Å²) in [4.78, 5) is 15.8. The van der Waals surface area contributed by atoms with Crippen LogP contribution in [-0.2, 0) is 4.74 Å². The fraction of sp³-hybridized carbons (Fsp3) is 0.900. The van der Waals surface area contributed by atoms with Gasteiger partial charge in [-0.2, -0.15) is 0 Å². The van der Waals surface area contributed by atoms with Crippen LogP contribution >= 0.6 is 0 Å². The van der Waals surface area contributed by atoms with Gasteiger partial charge in [-0.05, 0) is 12.8 Å². The van der Waals surface area contributed by atoms with Crippen molar-refractivity contribution in [2.24, 2.45) is 5.73 Å². The molecule has 15 heavy (non-hydrogen) atoms. The number of hydrogen-bond acceptors (Lipinski definition) is 3. The van der Waals surface area contributed by atoms with Gasteiger partial charge in [0.2, 0.25) is 0 Å². The van der Waals surface area contributed by atoms with Crippen molar-refractivity contribution in [1.29, 1.82) is 0 Å².